The molecule has 0 bridgehead atoms. The number of nitro benzene ring substituents is 1. The van der Waals surface area contributed by atoms with E-state index in [4.69, 9.17) is 11.6 Å². The first-order valence-corrected chi connectivity index (χ1v) is 5.52. The summed E-state index contributed by atoms with van der Waals surface area (Å²) in [6, 6.07) is 3.29. The first-order chi connectivity index (χ1) is 8.90. The number of nitro groups is 1. The third-order valence-corrected chi connectivity index (χ3v) is 2.92. The Morgan fingerprint density at radius 2 is 2.11 bits per heavy atom. The predicted molar refractivity (Wildman–Crippen MR) is 67.4 cm³/mol. The van der Waals surface area contributed by atoms with Gasteiger partial charge in [0, 0.05) is 29.8 Å². The lowest BCUT2D eigenvalue weighted by atomic mass is 10.1. The minimum Gasteiger partial charge on any atom is -0.303 e. The minimum atomic E-state index is -0.570. The normalized spacial score (nSPS) is 16.9. The van der Waals surface area contributed by atoms with E-state index in [2.05, 4.69) is 5.32 Å². The second-order valence-electron chi connectivity index (χ2n) is 3.82. The van der Waals surface area contributed by atoms with E-state index in [9.17, 15) is 19.7 Å². The Bertz CT molecular complexity index is 626. The second-order valence-corrected chi connectivity index (χ2v) is 4.22. The van der Waals surface area contributed by atoms with Gasteiger partial charge < -0.3 is 5.32 Å². The van der Waals surface area contributed by atoms with Gasteiger partial charge in [-0.3, -0.25) is 19.8 Å². The lowest BCUT2D eigenvalue weighted by molar-refractivity contribution is -0.384. The summed E-state index contributed by atoms with van der Waals surface area (Å²) >= 11 is 5.90. The average molecular weight is 282 g/mol. The molecule has 1 saturated heterocycles. The van der Waals surface area contributed by atoms with E-state index < -0.39 is 16.9 Å². The van der Waals surface area contributed by atoms with Gasteiger partial charge in [0.05, 0.1) is 4.92 Å². The zero-order valence-corrected chi connectivity index (χ0v) is 10.5. The van der Waals surface area contributed by atoms with Crippen LogP contribution in [0.15, 0.2) is 23.9 Å². The minimum absolute atomic E-state index is 0.0231. The Kier molecular flexibility index (Phi) is 3.22. The third kappa shape index (κ3) is 2.41. The summed E-state index contributed by atoms with van der Waals surface area (Å²) in [5, 5.41) is 13.3. The summed E-state index contributed by atoms with van der Waals surface area (Å²) < 4.78 is 0. The Morgan fingerprint density at radius 3 is 2.63 bits per heavy atom. The standard InChI is InChI=1S/C11H8ClN3O4/c1-14-10(16)9(13-11(14)17)5-6-4-7(15(18)19)2-3-8(6)12/h2-5H,1H3,(H,13,17)/b9-5+. The Morgan fingerprint density at radius 1 is 1.42 bits per heavy atom. The first kappa shape index (κ1) is 13.0. The van der Waals surface area contributed by atoms with Gasteiger partial charge in [-0.2, -0.15) is 0 Å². The number of hydrogen-bond donors (Lipinski definition) is 1. The number of benzene rings is 1. The SMILES string of the molecule is CN1C(=O)N/C(=C/c2cc([N+](=O)[O-])ccc2Cl)C1=O. The average Bonchev–Trinajstić information content (AvgIpc) is 2.59. The van der Waals surface area contributed by atoms with Crippen LogP contribution in [0, 0.1) is 10.1 Å². The maximum absolute atomic E-state index is 11.6. The molecule has 1 aliphatic rings. The lowest BCUT2D eigenvalue weighted by Gasteiger charge is -2.01. The molecule has 7 nitrogen and oxygen atoms in total. The molecule has 1 N–H and O–H groups in total. The maximum atomic E-state index is 11.6. The highest BCUT2D eigenvalue weighted by Gasteiger charge is 2.30. The summed E-state index contributed by atoms with van der Waals surface area (Å²) in [4.78, 5) is 33.9. The largest absolute Gasteiger partial charge is 0.328 e. The van der Waals surface area contributed by atoms with Crippen LogP contribution in [0.3, 0.4) is 0 Å². The quantitative estimate of drug-likeness (QED) is 0.387. The summed E-state index contributed by atoms with van der Waals surface area (Å²) in [5.74, 6) is -0.521. The topological polar surface area (TPSA) is 92.6 Å². The number of likely N-dealkylation sites (N-methyl/N-ethyl adjacent to an activating group) is 1. The number of halogens is 1. The fraction of sp³-hybridized carbons (Fsp3) is 0.0909. The van der Waals surface area contributed by atoms with Crippen molar-refractivity contribution < 1.29 is 14.5 Å². The second kappa shape index (κ2) is 4.69. The fourth-order valence-corrected chi connectivity index (χ4v) is 1.71. The smallest absolute Gasteiger partial charge is 0.303 e. The molecule has 0 radical (unpaired) electrons. The van der Waals surface area contributed by atoms with Crippen molar-refractivity contribution in [3.63, 3.8) is 0 Å². The molecule has 98 valence electrons. The highest BCUT2D eigenvalue weighted by atomic mass is 35.5. The number of rotatable bonds is 2. The number of nitrogens with zero attached hydrogens (tertiary/aromatic N) is 2. The van der Waals surface area contributed by atoms with Crippen molar-refractivity contribution in [2.45, 2.75) is 0 Å². The van der Waals surface area contributed by atoms with E-state index in [1.807, 2.05) is 0 Å². The summed E-state index contributed by atoms with van der Waals surface area (Å²) in [6.45, 7) is 0. The summed E-state index contributed by atoms with van der Waals surface area (Å²) in [5.41, 5.74) is 0.158. The molecule has 0 saturated carbocycles. The summed E-state index contributed by atoms with van der Waals surface area (Å²) in [6.07, 6.45) is 1.30. The maximum Gasteiger partial charge on any atom is 0.328 e. The van der Waals surface area contributed by atoms with E-state index in [1.54, 1.807) is 0 Å². The number of non-ortho nitro benzene ring substituents is 1. The molecular formula is C11H8ClN3O4. The number of urea groups is 1. The van der Waals surface area contributed by atoms with Crippen LogP contribution in [0.4, 0.5) is 10.5 Å². The fourth-order valence-electron chi connectivity index (χ4n) is 1.53. The third-order valence-electron chi connectivity index (χ3n) is 2.57. The van der Waals surface area contributed by atoms with Crippen LogP contribution in [0.1, 0.15) is 5.56 Å². The van der Waals surface area contributed by atoms with Gasteiger partial charge in [-0.25, -0.2) is 4.79 Å². The Hall–Kier alpha value is -2.41. The van der Waals surface area contributed by atoms with E-state index in [-0.39, 0.29) is 22.0 Å². The number of carbonyl (C=O) groups excluding carboxylic acids is 2. The van der Waals surface area contributed by atoms with E-state index in [1.165, 1.54) is 31.3 Å². The number of amides is 3. The van der Waals surface area contributed by atoms with Crippen LogP contribution < -0.4 is 5.32 Å². The molecule has 0 aromatic heterocycles. The lowest BCUT2D eigenvalue weighted by Crippen LogP contribution is -2.25. The van der Waals surface area contributed by atoms with E-state index >= 15 is 0 Å². The van der Waals surface area contributed by atoms with Gasteiger partial charge in [0.1, 0.15) is 5.70 Å². The molecular weight excluding hydrogens is 274 g/mol. The molecule has 8 heteroatoms. The van der Waals surface area contributed by atoms with Gasteiger partial charge in [-0.05, 0) is 12.1 Å². The van der Waals surface area contributed by atoms with Gasteiger partial charge >= 0.3 is 6.03 Å². The van der Waals surface area contributed by atoms with Crippen molar-refractivity contribution in [3.05, 3.63) is 44.6 Å². The zero-order chi connectivity index (χ0) is 14.2. The highest BCUT2D eigenvalue weighted by Crippen LogP contribution is 2.25. The molecule has 0 spiro atoms. The number of nitrogens with one attached hydrogen (secondary N) is 1. The molecule has 19 heavy (non-hydrogen) atoms. The molecule has 1 aliphatic heterocycles. The van der Waals surface area contributed by atoms with Gasteiger partial charge in [-0.15, -0.1) is 0 Å². The first-order valence-electron chi connectivity index (χ1n) is 5.15. The van der Waals surface area contributed by atoms with Gasteiger partial charge in [0.15, 0.2) is 0 Å². The number of hydrogen-bond acceptors (Lipinski definition) is 4. The van der Waals surface area contributed by atoms with Crippen LogP contribution >= 0.6 is 11.6 Å². The molecule has 1 heterocycles. The van der Waals surface area contributed by atoms with Crippen LogP contribution in [-0.4, -0.2) is 28.8 Å². The highest BCUT2D eigenvalue weighted by molar-refractivity contribution is 6.32. The predicted octanol–water partition coefficient (Wildman–Crippen LogP) is 1.77. The van der Waals surface area contributed by atoms with Crippen LogP contribution in [0.2, 0.25) is 5.02 Å². The number of carbonyl (C=O) groups is 2. The van der Waals surface area contributed by atoms with Gasteiger partial charge in [-0.1, -0.05) is 11.6 Å². The molecule has 2 rings (SSSR count). The molecule has 1 fully saturated rings. The van der Waals surface area contributed by atoms with Crippen LogP contribution in [0.25, 0.3) is 6.08 Å². The van der Waals surface area contributed by atoms with Crippen molar-refractivity contribution in [1.82, 2.24) is 10.2 Å². The van der Waals surface area contributed by atoms with Gasteiger partial charge in [0.2, 0.25) is 0 Å². The molecule has 0 unspecified atom stereocenters. The van der Waals surface area contributed by atoms with Crippen LogP contribution in [-0.2, 0) is 4.79 Å². The van der Waals surface area contributed by atoms with Gasteiger partial charge in [0.25, 0.3) is 11.6 Å². The van der Waals surface area contributed by atoms with Crippen molar-refractivity contribution in [2.75, 3.05) is 7.05 Å². The zero-order valence-electron chi connectivity index (χ0n) is 9.71. The van der Waals surface area contributed by atoms with E-state index in [0.29, 0.717) is 0 Å². The van der Waals surface area contributed by atoms with Crippen molar-refractivity contribution >= 4 is 35.3 Å². The molecule has 3 amide bonds. The van der Waals surface area contributed by atoms with Crippen molar-refractivity contribution in [1.29, 1.82) is 0 Å². The van der Waals surface area contributed by atoms with E-state index in [0.717, 1.165) is 4.90 Å². The van der Waals surface area contributed by atoms with Crippen molar-refractivity contribution in [2.24, 2.45) is 0 Å². The number of imide groups is 1. The monoisotopic (exact) mass is 281 g/mol. The molecule has 0 atom stereocenters. The molecule has 1 aromatic rings. The molecule has 1 aromatic carbocycles. The Labute approximate surface area is 112 Å². The van der Waals surface area contributed by atoms with Crippen molar-refractivity contribution in [3.8, 4) is 0 Å². The summed E-state index contributed by atoms with van der Waals surface area (Å²) in [7, 11) is 1.33. The Balaban J connectivity index is 2.43. The van der Waals surface area contributed by atoms with Crippen LogP contribution in [0.5, 0.6) is 0 Å². The molecule has 0 aliphatic carbocycles.